The van der Waals surface area contributed by atoms with E-state index < -0.39 is 8.53 Å². The maximum absolute atomic E-state index is 9.06. The molecule has 5 aromatic rings. The lowest BCUT2D eigenvalue weighted by atomic mass is 10.1. The van der Waals surface area contributed by atoms with Gasteiger partial charge in [0.25, 0.3) is 8.53 Å². The lowest BCUT2D eigenvalue weighted by Crippen LogP contribution is -2.35. The Kier molecular flexibility index (Phi) is 15.2. The van der Waals surface area contributed by atoms with Crippen molar-refractivity contribution in [3.8, 4) is 11.8 Å². The molecule has 0 radical (unpaired) electrons. The number of para-hydroxylation sites is 1. The second kappa shape index (κ2) is 20.2. The first-order valence-corrected chi connectivity index (χ1v) is 20.5. The highest BCUT2D eigenvalue weighted by molar-refractivity contribution is 7.44. The molecule has 0 aliphatic carbocycles. The Hall–Kier alpha value is -4.52. The summed E-state index contributed by atoms with van der Waals surface area (Å²) in [6.45, 7) is 19.6. The highest BCUT2D eigenvalue weighted by Crippen LogP contribution is 2.46. The number of nitriles is 1. The second-order valence-electron chi connectivity index (χ2n) is 13.7. The zero-order valence-electron chi connectivity index (χ0n) is 33.0. The number of fused-ring (bicyclic) bond motifs is 2. The molecule has 1 atom stereocenters. The molecular formula is C43H56N8O2P+. The fourth-order valence-corrected chi connectivity index (χ4v) is 8.22. The van der Waals surface area contributed by atoms with Gasteiger partial charge in [0.05, 0.1) is 37.1 Å². The summed E-state index contributed by atoms with van der Waals surface area (Å²) < 4.78 is 17.1. The average molecular weight is 748 g/mol. The van der Waals surface area contributed by atoms with Crippen molar-refractivity contribution in [3.63, 3.8) is 0 Å². The molecule has 1 heterocycles. The maximum atomic E-state index is 9.06. The molecule has 1 unspecified atom stereocenters. The standard InChI is InChI=1S/C43H56N8O2P/c1-8-11-27-49(28-30-53-54(52-29-15-26-44)51(33(4)5)34(6)7)37-21-18-35(19-22-37)46-47-36-20-24-40-42(31-36)50(38-16-13-12-14-17-38)43-32-39(48(9-2)10-3)23-25-41(43)45-40/h12-14,16-25,31-34H,8-11,15,27-30H2,1-7H3/q+1. The van der Waals surface area contributed by atoms with Gasteiger partial charge in [0, 0.05) is 73.9 Å². The van der Waals surface area contributed by atoms with Gasteiger partial charge in [-0.2, -0.15) is 15.5 Å². The van der Waals surface area contributed by atoms with Gasteiger partial charge in [0.2, 0.25) is 16.7 Å². The Balaban J connectivity index is 1.37. The number of aromatic nitrogens is 2. The number of hydrogen-bond acceptors (Lipinski definition) is 9. The summed E-state index contributed by atoms with van der Waals surface area (Å²) in [4.78, 5) is 9.76. The van der Waals surface area contributed by atoms with Gasteiger partial charge in [0.1, 0.15) is 11.0 Å². The predicted octanol–water partition coefficient (Wildman–Crippen LogP) is 10.8. The molecule has 10 nitrogen and oxygen atoms in total. The van der Waals surface area contributed by atoms with Crippen LogP contribution in [0.2, 0.25) is 0 Å². The van der Waals surface area contributed by atoms with Gasteiger partial charge in [0.15, 0.2) is 0 Å². The number of hydrogen-bond donors (Lipinski definition) is 0. The number of azo groups is 1. The third-order valence-electron chi connectivity index (χ3n) is 9.29. The van der Waals surface area contributed by atoms with E-state index in [1.54, 1.807) is 0 Å². The Bertz CT molecular complexity index is 1990. The fraction of sp³-hybridized carbons (Fsp3) is 0.419. The van der Waals surface area contributed by atoms with Crippen LogP contribution >= 0.6 is 8.53 Å². The molecule has 0 amide bonds. The molecule has 0 aliphatic heterocycles. The number of rotatable bonds is 20. The van der Waals surface area contributed by atoms with Crippen LogP contribution in [0.4, 0.5) is 22.7 Å². The van der Waals surface area contributed by atoms with E-state index >= 15 is 0 Å². The van der Waals surface area contributed by atoms with Crippen molar-refractivity contribution in [1.82, 2.24) is 9.65 Å². The Morgan fingerprint density at radius 2 is 1.33 bits per heavy atom. The van der Waals surface area contributed by atoms with Gasteiger partial charge < -0.3 is 18.8 Å². The first kappa shape index (κ1) is 40.7. The molecule has 1 aromatic heterocycles. The van der Waals surface area contributed by atoms with Crippen LogP contribution in [-0.4, -0.2) is 61.1 Å². The van der Waals surface area contributed by atoms with E-state index in [-0.39, 0.29) is 12.1 Å². The van der Waals surface area contributed by atoms with Crippen LogP contribution in [0.25, 0.3) is 27.8 Å². The molecule has 0 fully saturated rings. The quantitative estimate of drug-likeness (QED) is 0.0257. The van der Waals surface area contributed by atoms with E-state index in [9.17, 15) is 0 Å². The number of nitrogens with zero attached hydrogens (tertiary/aromatic N) is 8. The summed E-state index contributed by atoms with van der Waals surface area (Å²) in [5, 5.41) is 18.4. The van der Waals surface area contributed by atoms with Crippen LogP contribution in [0.3, 0.4) is 0 Å². The van der Waals surface area contributed by atoms with E-state index in [1.165, 1.54) is 5.69 Å². The van der Waals surface area contributed by atoms with Crippen LogP contribution < -0.4 is 14.4 Å². The van der Waals surface area contributed by atoms with Crippen LogP contribution in [0.15, 0.2) is 101 Å². The van der Waals surface area contributed by atoms with Crippen molar-refractivity contribution in [2.24, 2.45) is 10.2 Å². The minimum atomic E-state index is -1.28. The first-order valence-electron chi connectivity index (χ1n) is 19.4. The highest BCUT2D eigenvalue weighted by atomic mass is 31.2. The maximum Gasteiger partial charge on any atom is 0.259 e. The van der Waals surface area contributed by atoms with Crippen LogP contribution in [0.5, 0.6) is 0 Å². The zero-order valence-corrected chi connectivity index (χ0v) is 33.9. The van der Waals surface area contributed by atoms with Gasteiger partial charge in [-0.25, -0.2) is 9.65 Å². The molecule has 284 valence electrons. The van der Waals surface area contributed by atoms with Crippen molar-refractivity contribution >= 4 is 53.3 Å². The van der Waals surface area contributed by atoms with E-state index in [0.717, 1.165) is 83.8 Å². The minimum absolute atomic E-state index is 0.262. The van der Waals surface area contributed by atoms with E-state index in [4.69, 9.17) is 19.3 Å². The summed E-state index contributed by atoms with van der Waals surface area (Å²) in [6, 6.07) is 34.0. The molecule has 11 heteroatoms. The predicted molar refractivity (Wildman–Crippen MR) is 223 cm³/mol. The normalized spacial score (nSPS) is 12.4. The van der Waals surface area contributed by atoms with Crippen molar-refractivity contribution in [3.05, 3.63) is 91.0 Å². The van der Waals surface area contributed by atoms with Crippen molar-refractivity contribution in [1.29, 1.82) is 5.26 Å². The summed E-state index contributed by atoms with van der Waals surface area (Å²) in [6.07, 6.45) is 2.52. The molecule has 0 aliphatic rings. The third kappa shape index (κ3) is 10.4. The third-order valence-corrected chi connectivity index (χ3v) is 11.4. The van der Waals surface area contributed by atoms with Gasteiger partial charge in [-0.3, -0.25) is 0 Å². The minimum Gasteiger partial charge on any atom is -0.372 e. The summed E-state index contributed by atoms with van der Waals surface area (Å²) in [5.41, 5.74) is 8.73. The van der Waals surface area contributed by atoms with Gasteiger partial charge in [-0.05, 0) is 96.5 Å². The van der Waals surface area contributed by atoms with E-state index in [2.05, 4.69) is 144 Å². The highest BCUT2D eigenvalue weighted by Gasteiger charge is 2.27. The van der Waals surface area contributed by atoms with Crippen LogP contribution in [-0.2, 0) is 9.05 Å². The van der Waals surface area contributed by atoms with E-state index in [1.807, 2.05) is 30.3 Å². The Labute approximate surface area is 323 Å². The topological polar surface area (TPSA) is 93.5 Å². The molecule has 0 saturated carbocycles. The summed E-state index contributed by atoms with van der Waals surface area (Å²) in [5.74, 6) is 0. The molecule has 4 aromatic carbocycles. The second-order valence-corrected chi connectivity index (χ2v) is 15.2. The molecular weight excluding hydrogens is 692 g/mol. The van der Waals surface area contributed by atoms with Gasteiger partial charge in [-0.1, -0.05) is 31.5 Å². The lowest BCUT2D eigenvalue weighted by molar-refractivity contribution is -0.538. The van der Waals surface area contributed by atoms with Crippen molar-refractivity contribution in [2.45, 2.75) is 79.8 Å². The number of anilines is 2. The van der Waals surface area contributed by atoms with Crippen LogP contribution in [0.1, 0.15) is 67.7 Å². The molecule has 0 N–H and O–H groups in total. The van der Waals surface area contributed by atoms with E-state index in [0.29, 0.717) is 19.6 Å². The molecule has 0 spiro atoms. The van der Waals surface area contributed by atoms with Gasteiger partial charge in [-0.15, -0.1) is 4.57 Å². The van der Waals surface area contributed by atoms with Crippen molar-refractivity contribution < 1.29 is 13.6 Å². The smallest absolute Gasteiger partial charge is 0.259 e. The number of unbranched alkanes of at least 4 members (excludes halogenated alkanes) is 1. The lowest BCUT2D eigenvalue weighted by Gasteiger charge is -2.36. The Morgan fingerprint density at radius 3 is 1.98 bits per heavy atom. The van der Waals surface area contributed by atoms with Crippen molar-refractivity contribution in [2.75, 3.05) is 49.2 Å². The average Bonchev–Trinajstić information content (AvgIpc) is 3.18. The fourth-order valence-electron chi connectivity index (χ4n) is 6.64. The summed E-state index contributed by atoms with van der Waals surface area (Å²) in [7, 11) is -1.28. The SMILES string of the molecule is CCCCN(CCOP(OCCC#N)N(C(C)C)C(C)C)c1ccc(/N=N/c2ccc3nc4ccc(N(CC)CC)cc4[n+](-c4ccccc4)c3c2)cc1. The van der Waals surface area contributed by atoms with Gasteiger partial charge >= 0.3 is 0 Å². The molecule has 0 bridgehead atoms. The number of benzene rings is 4. The Morgan fingerprint density at radius 1 is 0.722 bits per heavy atom. The monoisotopic (exact) mass is 747 g/mol. The first-order chi connectivity index (χ1) is 26.3. The molecule has 0 saturated heterocycles. The van der Waals surface area contributed by atoms with Crippen LogP contribution in [0, 0.1) is 11.3 Å². The molecule has 54 heavy (non-hydrogen) atoms. The largest absolute Gasteiger partial charge is 0.372 e. The molecule has 5 rings (SSSR count). The zero-order chi connectivity index (χ0) is 38.5. The summed E-state index contributed by atoms with van der Waals surface area (Å²) >= 11 is 0.